The molecule has 0 unspecified atom stereocenters. The summed E-state index contributed by atoms with van der Waals surface area (Å²) < 4.78 is 5.11. The predicted octanol–water partition coefficient (Wildman–Crippen LogP) is 4.73. The molecule has 0 radical (unpaired) electrons. The number of rotatable bonds is 5. The number of methoxy groups -OCH3 is 1. The highest BCUT2D eigenvalue weighted by atomic mass is 32.2. The molecule has 4 nitrogen and oxygen atoms in total. The van der Waals surface area contributed by atoms with Gasteiger partial charge < -0.3 is 10.5 Å². The van der Waals surface area contributed by atoms with Crippen molar-refractivity contribution >= 4 is 17.8 Å². The van der Waals surface area contributed by atoms with Crippen molar-refractivity contribution in [2.45, 2.75) is 33.4 Å². The van der Waals surface area contributed by atoms with Gasteiger partial charge in [0.25, 0.3) is 0 Å². The molecular weight excluding hydrogens is 306 g/mol. The van der Waals surface area contributed by atoms with Crippen LogP contribution in [-0.4, -0.2) is 17.1 Å². The molecule has 0 aliphatic heterocycles. The zero-order chi connectivity index (χ0) is 17.5. The summed E-state index contributed by atoms with van der Waals surface area (Å²) in [5.74, 6) is 2.29. The molecule has 0 spiro atoms. The summed E-state index contributed by atoms with van der Waals surface area (Å²) in [6, 6.07) is 9.71. The van der Waals surface area contributed by atoms with Crippen LogP contribution in [0, 0.1) is 0 Å². The van der Waals surface area contributed by atoms with E-state index in [9.17, 15) is 0 Å². The average molecular weight is 334 g/mol. The second kappa shape index (κ2) is 13.6. The SMILES string of the molecule is CC.CC.COc1ccc(CS/C(N)=C/c2ncccn2)cc1. The molecule has 0 aliphatic carbocycles. The Balaban J connectivity index is 0.00000112. The van der Waals surface area contributed by atoms with Crippen molar-refractivity contribution in [2.24, 2.45) is 5.73 Å². The molecular formula is C18H27N3OS. The van der Waals surface area contributed by atoms with Crippen molar-refractivity contribution in [1.29, 1.82) is 0 Å². The van der Waals surface area contributed by atoms with E-state index in [-0.39, 0.29) is 0 Å². The van der Waals surface area contributed by atoms with Crippen LogP contribution >= 0.6 is 11.8 Å². The number of hydrogen-bond acceptors (Lipinski definition) is 5. The van der Waals surface area contributed by atoms with E-state index in [1.807, 2.05) is 52.0 Å². The second-order valence-corrected chi connectivity index (χ2v) is 4.84. The maximum atomic E-state index is 5.93. The number of nitrogens with zero attached hydrogens (tertiary/aromatic N) is 2. The summed E-state index contributed by atoms with van der Waals surface area (Å²) >= 11 is 1.56. The van der Waals surface area contributed by atoms with Gasteiger partial charge in [0.05, 0.1) is 12.1 Å². The molecule has 0 atom stereocenters. The third-order valence-electron chi connectivity index (χ3n) is 2.42. The summed E-state index contributed by atoms with van der Waals surface area (Å²) in [5.41, 5.74) is 7.12. The van der Waals surface area contributed by atoms with Gasteiger partial charge in [0.15, 0.2) is 5.82 Å². The number of thioether (sulfide) groups is 1. The van der Waals surface area contributed by atoms with Crippen LogP contribution in [0.1, 0.15) is 39.1 Å². The molecule has 1 heterocycles. The molecule has 0 fully saturated rings. The smallest absolute Gasteiger partial charge is 0.154 e. The minimum atomic E-state index is 0.627. The van der Waals surface area contributed by atoms with Crippen LogP contribution in [0.15, 0.2) is 47.8 Å². The zero-order valence-electron chi connectivity index (χ0n) is 14.6. The standard InChI is InChI=1S/C14H15N3OS.2C2H6/c1-18-12-5-3-11(4-6-12)10-19-13(15)9-14-16-7-2-8-17-14;2*1-2/h2-9H,10,15H2,1H3;2*1-2H3/b13-9+;;. The Morgan fingerprint density at radius 3 is 2.17 bits per heavy atom. The van der Waals surface area contributed by atoms with E-state index < -0.39 is 0 Å². The van der Waals surface area contributed by atoms with E-state index in [4.69, 9.17) is 10.5 Å². The zero-order valence-corrected chi connectivity index (χ0v) is 15.4. The minimum Gasteiger partial charge on any atom is -0.497 e. The average Bonchev–Trinajstić information content (AvgIpc) is 2.64. The highest BCUT2D eigenvalue weighted by Gasteiger charge is 1.98. The molecule has 0 bridgehead atoms. The maximum absolute atomic E-state index is 5.93. The molecule has 1 aromatic carbocycles. The van der Waals surface area contributed by atoms with E-state index in [0.717, 1.165) is 11.5 Å². The van der Waals surface area contributed by atoms with Gasteiger partial charge in [-0.05, 0) is 23.8 Å². The van der Waals surface area contributed by atoms with E-state index in [2.05, 4.69) is 9.97 Å². The summed E-state index contributed by atoms with van der Waals surface area (Å²) in [7, 11) is 1.66. The van der Waals surface area contributed by atoms with Crippen LogP contribution in [0.3, 0.4) is 0 Å². The van der Waals surface area contributed by atoms with E-state index >= 15 is 0 Å². The fourth-order valence-electron chi connectivity index (χ4n) is 1.44. The Labute approximate surface area is 144 Å². The van der Waals surface area contributed by atoms with Crippen molar-refractivity contribution in [3.63, 3.8) is 0 Å². The molecule has 2 aromatic rings. The summed E-state index contributed by atoms with van der Waals surface area (Å²) in [6.07, 6.45) is 5.16. The van der Waals surface area contributed by atoms with E-state index in [1.165, 1.54) is 5.56 Å². The molecule has 23 heavy (non-hydrogen) atoms. The van der Waals surface area contributed by atoms with Crippen molar-refractivity contribution in [1.82, 2.24) is 9.97 Å². The van der Waals surface area contributed by atoms with Crippen LogP contribution in [0.4, 0.5) is 0 Å². The normalized spacial score (nSPS) is 9.87. The van der Waals surface area contributed by atoms with Crippen molar-refractivity contribution in [2.75, 3.05) is 7.11 Å². The van der Waals surface area contributed by atoms with Crippen molar-refractivity contribution in [3.05, 3.63) is 59.1 Å². The monoisotopic (exact) mass is 333 g/mol. The first-order valence-corrected chi connectivity index (χ1v) is 8.76. The van der Waals surface area contributed by atoms with Gasteiger partial charge in [-0.1, -0.05) is 39.8 Å². The number of ether oxygens (including phenoxy) is 1. The second-order valence-electron chi connectivity index (χ2n) is 3.79. The Hall–Kier alpha value is -2.01. The fourth-order valence-corrected chi connectivity index (χ4v) is 2.16. The molecule has 1 aromatic heterocycles. The summed E-state index contributed by atoms with van der Waals surface area (Å²) in [4.78, 5) is 8.20. The van der Waals surface area contributed by atoms with E-state index in [0.29, 0.717) is 10.9 Å². The predicted molar refractivity (Wildman–Crippen MR) is 101 cm³/mol. The Morgan fingerprint density at radius 2 is 1.65 bits per heavy atom. The van der Waals surface area contributed by atoms with Gasteiger partial charge in [-0.25, -0.2) is 9.97 Å². The van der Waals surface area contributed by atoms with Crippen LogP contribution in [-0.2, 0) is 5.75 Å². The third-order valence-corrected chi connectivity index (χ3v) is 3.35. The topological polar surface area (TPSA) is 61.0 Å². The maximum Gasteiger partial charge on any atom is 0.154 e. The molecule has 126 valence electrons. The van der Waals surface area contributed by atoms with Gasteiger partial charge in [0, 0.05) is 24.2 Å². The van der Waals surface area contributed by atoms with Gasteiger partial charge in [-0.3, -0.25) is 0 Å². The van der Waals surface area contributed by atoms with Gasteiger partial charge in [-0.15, -0.1) is 11.8 Å². The molecule has 5 heteroatoms. The van der Waals surface area contributed by atoms with E-state index in [1.54, 1.807) is 43.4 Å². The first kappa shape index (κ1) is 21.0. The Morgan fingerprint density at radius 1 is 1.09 bits per heavy atom. The molecule has 2 rings (SSSR count). The van der Waals surface area contributed by atoms with Crippen LogP contribution in [0.5, 0.6) is 5.75 Å². The van der Waals surface area contributed by atoms with Gasteiger partial charge >= 0.3 is 0 Å². The number of hydrogen-bond donors (Lipinski definition) is 1. The fraction of sp³-hybridized carbons (Fsp3) is 0.333. The molecule has 0 saturated heterocycles. The Kier molecular flexibility index (Phi) is 12.4. The minimum absolute atomic E-state index is 0.627. The highest BCUT2D eigenvalue weighted by molar-refractivity contribution is 8.02. The van der Waals surface area contributed by atoms with Crippen molar-refractivity contribution in [3.8, 4) is 5.75 Å². The number of nitrogens with two attached hydrogens (primary N) is 1. The lowest BCUT2D eigenvalue weighted by molar-refractivity contribution is 0.414. The molecule has 0 aliphatic rings. The van der Waals surface area contributed by atoms with Gasteiger partial charge in [-0.2, -0.15) is 0 Å². The van der Waals surface area contributed by atoms with Crippen LogP contribution in [0.2, 0.25) is 0 Å². The summed E-state index contributed by atoms with van der Waals surface area (Å²) in [6.45, 7) is 8.00. The lowest BCUT2D eigenvalue weighted by Crippen LogP contribution is -1.95. The molecule has 2 N–H and O–H groups in total. The lowest BCUT2D eigenvalue weighted by Gasteiger charge is -2.03. The summed E-state index contributed by atoms with van der Waals surface area (Å²) in [5, 5.41) is 0.696. The van der Waals surface area contributed by atoms with Gasteiger partial charge in [0.1, 0.15) is 5.75 Å². The lowest BCUT2D eigenvalue weighted by atomic mass is 10.2. The molecule has 0 saturated carbocycles. The van der Waals surface area contributed by atoms with Gasteiger partial charge in [0.2, 0.25) is 0 Å². The van der Waals surface area contributed by atoms with Crippen molar-refractivity contribution < 1.29 is 4.74 Å². The third kappa shape index (κ3) is 8.88. The van der Waals surface area contributed by atoms with Crippen LogP contribution < -0.4 is 10.5 Å². The van der Waals surface area contributed by atoms with Crippen LogP contribution in [0.25, 0.3) is 6.08 Å². The number of benzene rings is 1. The first-order chi connectivity index (χ1) is 11.3. The first-order valence-electron chi connectivity index (χ1n) is 7.78. The number of aromatic nitrogens is 2. The largest absolute Gasteiger partial charge is 0.497 e. The highest BCUT2D eigenvalue weighted by Crippen LogP contribution is 2.20. The quantitative estimate of drug-likeness (QED) is 0.857. The Bertz CT molecular complexity index is 542. The molecule has 0 amide bonds.